The highest BCUT2D eigenvalue weighted by molar-refractivity contribution is 7.80. The number of amides is 8. The Morgan fingerprint density at radius 3 is 1.75 bits per heavy atom. The van der Waals surface area contributed by atoms with Crippen molar-refractivity contribution in [2.75, 3.05) is 12.3 Å². The van der Waals surface area contributed by atoms with Gasteiger partial charge in [0.15, 0.2) is 0 Å². The standard InChI is InChI=1S/C50H69N11O11S/c1-27(62)40(42(53)65)60-49(72)50(3,4)61-48(71)41(28(2)63)59-44(67)36(16-10-11-21-51)55-46(69)38(24-31-25-54-35-15-9-8-14-33(31)35)57-45(68)37(23-30-17-19-32(64)20-18-30)56-47(70)39(26-73)58-43(66)34(52)22-29-12-6-5-7-13-29/h5-9,12-15,17-20,25,27-28,34,36-41,54,62-64,73H,10-11,16,21-24,26,51-52H2,1-4H3,(H2,53,65)(H,55,69)(H,56,70)(H,57,68)(H,58,66)(H,59,67)(H,60,72)(H,61,71)/t27-,28-,34-,36+,37+,38-,39+,40+,41+/m1/s1. The maximum Gasteiger partial charge on any atom is 0.246 e. The first-order valence-electron chi connectivity index (χ1n) is 23.8. The summed E-state index contributed by atoms with van der Waals surface area (Å²) in [6.45, 7) is 5.23. The molecular formula is C50H69N11O11S. The minimum absolute atomic E-state index is 0.0240. The van der Waals surface area contributed by atoms with Crippen molar-refractivity contribution in [3.63, 3.8) is 0 Å². The molecule has 17 N–H and O–H groups in total. The molecule has 0 aliphatic carbocycles. The van der Waals surface area contributed by atoms with Crippen LogP contribution in [0.15, 0.2) is 85.1 Å². The van der Waals surface area contributed by atoms with Crippen molar-refractivity contribution in [2.24, 2.45) is 17.2 Å². The smallest absolute Gasteiger partial charge is 0.246 e. The van der Waals surface area contributed by atoms with Crippen molar-refractivity contribution < 1.29 is 53.7 Å². The van der Waals surface area contributed by atoms with Gasteiger partial charge in [0, 0.05) is 35.7 Å². The minimum atomic E-state index is -1.78. The van der Waals surface area contributed by atoms with Gasteiger partial charge in [-0.15, -0.1) is 0 Å². The molecule has 22 nitrogen and oxygen atoms in total. The lowest BCUT2D eigenvalue weighted by atomic mass is 10.00. The van der Waals surface area contributed by atoms with Crippen LogP contribution >= 0.6 is 12.6 Å². The number of H-pyrrole nitrogens is 1. The Balaban J connectivity index is 1.63. The van der Waals surface area contributed by atoms with Gasteiger partial charge >= 0.3 is 0 Å². The molecule has 396 valence electrons. The predicted molar refractivity (Wildman–Crippen MR) is 275 cm³/mol. The lowest BCUT2D eigenvalue weighted by molar-refractivity contribution is -0.139. The molecule has 0 aliphatic rings. The largest absolute Gasteiger partial charge is 0.508 e. The topological polar surface area (TPSA) is 375 Å². The van der Waals surface area contributed by atoms with E-state index in [1.165, 1.54) is 52.0 Å². The van der Waals surface area contributed by atoms with E-state index < -0.39 is 107 Å². The van der Waals surface area contributed by atoms with Crippen LogP contribution < -0.4 is 54.4 Å². The fraction of sp³-hybridized carbons (Fsp3) is 0.440. The first-order chi connectivity index (χ1) is 34.5. The van der Waals surface area contributed by atoms with Gasteiger partial charge in [0.1, 0.15) is 47.5 Å². The van der Waals surface area contributed by atoms with E-state index in [-0.39, 0.29) is 43.7 Å². The van der Waals surface area contributed by atoms with Crippen LogP contribution in [-0.2, 0) is 57.6 Å². The monoisotopic (exact) mass is 1030 g/mol. The third-order valence-corrected chi connectivity index (χ3v) is 12.3. The van der Waals surface area contributed by atoms with Crippen molar-refractivity contribution in [3.05, 3.63) is 102 Å². The number of thiol groups is 1. The van der Waals surface area contributed by atoms with Crippen LogP contribution in [0.5, 0.6) is 5.75 Å². The summed E-state index contributed by atoms with van der Waals surface area (Å²) in [5.41, 5.74) is 18.1. The van der Waals surface area contributed by atoms with Crippen LogP contribution in [0.2, 0.25) is 0 Å². The summed E-state index contributed by atoms with van der Waals surface area (Å²) in [4.78, 5) is 112. The molecule has 0 saturated carbocycles. The Kier molecular flexibility index (Phi) is 22.2. The van der Waals surface area contributed by atoms with E-state index in [0.29, 0.717) is 24.0 Å². The average molecular weight is 1030 g/mol. The predicted octanol–water partition coefficient (Wildman–Crippen LogP) is -1.66. The summed E-state index contributed by atoms with van der Waals surface area (Å²) >= 11 is 4.30. The number of para-hydroxylation sites is 1. The second kappa shape index (κ2) is 27.7. The van der Waals surface area contributed by atoms with Gasteiger partial charge in [-0.1, -0.05) is 60.7 Å². The van der Waals surface area contributed by atoms with Crippen LogP contribution in [-0.4, -0.2) is 140 Å². The average Bonchev–Trinajstić information content (AvgIpc) is 3.75. The van der Waals surface area contributed by atoms with E-state index in [9.17, 15) is 53.7 Å². The molecule has 1 heterocycles. The molecule has 0 radical (unpaired) electrons. The Labute approximate surface area is 428 Å². The third kappa shape index (κ3) is 17.6. The van der Waals surface area contributed by atoms with Crippen molar-refractivity contribution >= 4 is 70.8 Å². The molecule has 9 atom stereocenters. The number of carbonyl (C=O) groups is 8. The molecule has 0 spiro atoms. The van der Waals surface area contributed by atoms with Gasteiger partial charge in [0.05, 0.1) is 18.2 Å². The summed E-state index contributed by atoms with van der Waals surface area (Å²) in [6, 6.07) is 12.4. The lowest BCUT2D eigenvalue weighted by Crippen LogP contribution is -2.65. The molecule has 1 aromatic heterocycles. The molecule has 73 heavy (non-hydrogen) atoms. The number of aromatic hydroxyl groups is 1. The van der Waals surface area contributed by atoms with E-state index in [2.05, 4.69) is 54.8 Å². The van der Waals surface area contributed by atoms with Crippen molar-refractivity contribution in [3.8, 4) is 5.75 Å². The number of aliphatic hydroxyl groups excluding tert-OH is 2. The number of hydrogen-bond acceptors (Lipinski definition) is 14. The van der Waals surface area contributed by atoms with E-state index >= 15 is 0 Å². The highest BCUT2D eigenvalue weighted by atomic mass is 32.1. The second-order valence-corrected chi connectivity index (χ2v) is 18.7. The zero-order valence-corrected chi connectivity index (χ0v) is 42.1. The van der Waals surface area contributed by atoms with Crippen molar-refractivity contribution in [2.45, 2.75) is 126 Å². The number of benzene rings is 3. The van der Waals surface area contributed by atoms with Crippen molar-refractivity contribution in [1.82, 2.24) is 42.2 Å². The van der Waals surface area contributed by atoms with Crippen LogP contribution in [0.1, 0.15) is 63.6 Å². The molecule has 0 unspecified atom stereocenters. The first kappa shape index (κ1) is 58.5. The highest BCUT2D eigenvalue weighted by Crippen LogP contribution is 2.20. The summed E-state index contributed by atoms with van der Waals surface area (Å²) in [7, 11) is 0. The van der Waals surface area contributed by atoms with Crippen molar-refractivity contribution in [1.29, 1.82) is 0 Å². The van der Waals surface area contributed by atoms with Crippen LogP contribution in [0, 0.1) is 0 Å². The van der Waals surface area contributed by atoms with Gasteiger partial charge in [-0.3, -0.25) is 38.4 Å². The van der Waals surface area contributed by atoms with E-state index in [1.54, 1.807) is 42.6 Å². The van der Waals surface area contributed by atoms with E-state index in [0.717, 1.165) is 16.5 Å². The number of aromatic nitrogens is 1. The number of nitrogens with one attached hydrogen (secondary N) is 8. The van der Waals surface area contributed by atoms with E-state index in [1.807, 2.05) is 18.2 Å². The Hall–Kier alpha value is -7.05. The number of unbranched alkanes of at least 4 members (excludes halogenated alkanes) is 1. The normalized spacial score (nSPS) is 15.1. The fourth-order valence-corrected chi connectivity index (χ4v) is 7.93. The lowest BCUT2D eigenvalue weighted by Gasteiger charge is -2.31. The van der Waals surface area contributed by atoms with Gasteiger partial charge in [-0.2, -0.15) is 12.6 Å². The van der Waals surface area contributed by atoms with Crippen LogP contribution in [0.3, 0.4) is 0 Å². The number of carbonyl (C=O) groups excluding carboxylic acids is 8. The van der Waals surface area contributed by atoms with Gasteiger partial charge in [-0.25, -0.2) is 0 Å². The van der Waals surface area contributed by atoms with E-state index in [4.69, 9.17) is 17.2 Å². The molecule has 4 rings (SSSR count). The maximum absolute atomic E-state index is 14.7. The summed E-state index contributed by atoms with van der Waals surface area (Å²) in [5.74, 6) is -7.28. The molecule has 0 bridgehead atoms. The van der Waals surface area contributed by atoms with Gasteiger partial charge in [0.2, 0.25) is 47.3 Å². The van der Waals surface area contributed by atoms with Crippen LogP contribution in [0.4, 0.5) is 0 Å². The molecule has 0 fully saturated rings. The Bertz CT molecular complexity index is 2520. The van der Waals surface area contributed by atoms with Crippen LogP contribution in [0.25, 0.3) is 10.9 Å². The van der Waals surface area contributed by atoms with Gasteiger partial charge in [0.25, 0.3) is 0 Å². The zero-order valence-electron chi connectivity index (χ0n) is 41.2. The Morgan fingerprint density at radius 1 is 0.630 bits per heavy atom. The molecule has 4 aromatic rings. The van der Waals surface area contributed by atoms with Gasteiger partial charge < -0.3 is 74.7 Å². The SMILES string of the molecule is C[C@@H](O)[C@H](NC(=O)C(C)(C)NC(=O)[C@@H](NC(=O)[C@H](CCCCN)NC(=O)[C@@H](Cc1c[nH]c2ccccc12)NC(=O)[C@H](Cc1ccc(O)cc1)NC(=O)[C@H](CS)NC(=O)[C@H](N)Cc1ccccc1)[C@@H](C)O)C(N)=O. The minimum Gasteiger partial charge on any atom is -0.508 e. The molecule has 8 amide bonds. The number of hydrogen-bond donors (Lipinski definition) is 15. The second-order valence-electron chi connectivity index (χ2n) is 18.4. The number of nitrogens with two attached hydrogens (primary N) is 3. The molecule has 0 aliphatic heterocycles. The maximum atomic E-state index is 14.7. The number of aliphatic hydroxyl groups is 2. The number of primary amides is 1. The number of aromatic amines is 1. The Morgan fingerprint density at radius 2 is 1.16 bits per heavy atom. The highest BCUT2D eigenvalue weighted by Gasteiger charge is 2.39. The quantitative estimate of drug-likeness (QED) is 0.0224. The summed E-state index contributed by atoms with van der Waals surface area (Å²) in [5, 5.41) is 49.3. The molecule has 0 saturated heterocycles. The number of phenolic OH excluding ortho intramolecular Hbond substituents is 1. The first-order valence-corrected chi connectivity index (χ1v) is 24.4. The summed E-state index contributed by atoms with van der Waals surface area (Å²) in [6.07, 6.45) is -0.698. The zero-order chi connectivity index (χ0) is 54.0. The molecule has 23 heteroatoms. The fourth-order valence-electron chi connectivity index (χ4n) is 7.67. The molecule has 3 aromatic carbocycles. The number of rotatable bonds is 28. The summed E-state index contributed by atoms with van der Waals surface area (Å²) < 4.78 is 0. The number of phenols is 1. The number of fused-ring (bicyclic) bond motifs is 1. The third-order valence-electron chi connectivity index (χ3n) is 11.9. The molecular weight excluding hydrogens is 963 g/mol. The van der Waals surface area contributed by atoms with Gasteiger partial charge in [-0.05, 0) is 94.8 Å².